The maximum atomic E-state index is 11.6. The van der Waals surface area contributed by atoms with E-state index in [1.54, 1.807) is 0 Å². The number of rotatable bonds is 0. The number of allylic oxidation sites excluding steroid dienone is 2. The number of hydrogen-bond donors (Lipinski definition) is 4. The Morgan fingerprint density at radius 2 is 1.18 bits per heavy atom. The van der Waals surface area contributed by atoms with Gasteiger partial charge in [0.05, 0.1) is 24.4 Å². The molecule has 2 saturated carbocycles. The zero-order chi connectivity index (χ0) is 25.7. The van der Waals surface area contributed by atoms with Crippen molar-refractivity contribution >= 4 is 0 Å². The molecule has 0 heterocycles. The van der Waals surface area contributed by atoms with Crippen LogP contribution in [0.3, 0.4) is 0 Å². The van der Waals surface area contributed by atoms with Crippen molar-refractivity contribution in [3.05, 3.63) is 23.8 Å². The maximum absolute atomic E-state index is 11.6. The van der Waals surface area contributed by atoms with Crippen molar-refractivity contribution < 1.29 is 20.4 Å². The molecule has 3 rings (SSSR count). The van der Waals surface area contributed by atoms with Gasteiger partial charge in [0.25, 0.3) is 0 Å². The quantitative estimate of drug-likeness (QED) is 0.334. The molecule has 0 spiro atoms. The molecule has 0 aliphatic heterocycles. The van der Waals surface area contributed by atoms with E-state index in [0.29, 0.717) is 32.1 Å². The van der Waals surface area contributed by atoms with Crippen LogP contribution in [-0.2, 0) is 0 Å². The van der Waals surface area contributed by atoms with Gasteiger partial charge in [-0.15, -0.1) is 0 Å². The summed E-state index contributed by atoms with van der Waals surface area (Å²) in [7, 11) is 0. The first-order valence-corrected chi connectivity index (χ1v) is 13.6. The predicted octanol–water partition coefficient (Wildman–Crippen LogP) is 5.78. The summed E-state index contributed by atoms with van der Waals surface area (Å²) in [6, 6.07) is 0. The average molecular weight is 477 g/mol. The van der Waals surface area contributed by atoms with Crippen LogP contribution in [-0.4, -0.2) is 44.8 Å². The normalized spacial score (nSPS) is 46.0. The number of aliphatic hydroxyl groups is 4. The van der Waals surface area contributed by atoms with Gasteiger partial charge in [-0.2, -0.15) is 0 Å². The molecule has 0 saturated heterocycles. The average Bonchev–Trinajstić information content (AvgIpc) is 2.85. The third kappa shape index (κ3) is 5.66. The van der Waals surface area contributed by atoms with Crippen LogP contribution in [0, 0.1) is 33.5 Å². The molecule has 0 radical (unpaired) electrons. The first kappa shape index (κ1) is 27.9. The second kappa shape index (κ2) is 9.65. The van der Waals surface area contributed by atoms with Crippen LogP contribution in [0.2, 0.25) is 0 Å². The van der Waals surface area contributed by atoms with Gasteiger partial charge in [-0.1, -0.05) is 65.3 Å². The van der Waals surface area contributed by atoms with E-state index >= 15 is 0 Å². The summed E-state index contributed by atoms with van der Waals surface area (Å²) < 4.78 is 0. The van der Waals surface area contributed by atoms with Crippen molar-refractivity contribution in [2.45, 2.75) is 131 Å². The molecule has 8 unspecified atom stereocenters. The molecule has 0 bridgehead atoms. The van der Waals surface area contributed by atoms with E-state index in [-0.39, 0.29) is 22.7 Å². The van der Waals surface area contributed by atoms with Gasteiger partial charge in [-0.05, 0) is 87.4 Å². The van der Waals surface area contributed by atoms with Gasteiger partial charge in [-0.25, -0.2) is 0 Å². The van der Waals surface area contributed by atoms with Gasteiger partial charge in [0.2, 0.25) is 0 Å². The molecule has 34 heavy (non-hydrogen) atoms. The van der Waals surface area contributed by atoms with Gasteiger partial charge >= 0.3 is 0 Å². The monoisotopic (exact) mass is 476 g/mol. The highest BCUT2D eigenvalue weighted by Gasteiger charge is 2.50. The standard InChI is InChI=1S/C30H52O4/c1-19-9-11-25(33)30(8)16-22(32)14-28(5,6)18-24(30)20(2)10-12-26(34)29(7)15-21(31)13-27(3,4)17-23(19)29/h10,21-26,31-34H,1,9,11-18H2,2-8H3. The van der Waals surface area contributed by atoms with Crippen molar-refractivity contribution in [1.29, 1.82) is 0 Å². The van der Waals surface area contributed by atoms with E-state index in [2.05, 4.69) is 61.1 Å². The van der Waals surface area contributed by atoms with Crippen molar-refractivity contribution in [1.82, 2.24) is 0 Å². The van der Waals surface area contributed by atoms with E-state index in [4.69, 9.17) is 0 Å². The fourth-order valence-corrected chi connectivity index (χ4v) is 8.02. The topological polar surface area (TPSA) is 80.9 Å². The lowest BCUT2D eigenvalue weighted by molar-refractivity contribution is -0.0377. The summed E-state index contributed by atoms with van der Waals surface area (Å²) in [5, 5.41) is 45.1. The molecule has 4 N–H and O–H groups in total. The lowest BCUT2D eigenvalue weighted by Gasteiger charge is -2.46. The van der Waals surface area contributed by atoms with Gasteiger partial charge in [0.1, 0.15) is 0 Å². The van der Waals surface area contributed by atoms with E-state index in [1.807, 2.05) is 0 Å². The van der Waals surface area contributed by atoms with Crippen LogP contribution in [0.15, 0.2) is 23.8 Å². The highest BCUT2D eigenvalue weighted by molar-refractivity contribution is 5.18. The molecule has 0 aromatic carbocycles. The molecule has 3 aliphatic carbocycles. The van der Waals surface area contributed by atoms with Crippen LogP contribution in [0.25, 0.3) is 0 Å². The van der Waals surface area contributed by atoms with Gasteiger partial charge in [0, 0.05) is 10.8 Å². The van der Waals surface area contributed by atoms with Gasteiger partial charge in [-0.3, -0.25) is 0 Å². The Morgan fingerprint density at radius 3 is 1.71 bits per heavy atom. The molecule has 4 heteroatoms. The van der Waals surface area contributed by atoms with Crippen LogP contribution < -0.4 is 0 Å². The molecule has 3 aliphatic rings. The van der Waals surface area contributed by atoms with E-state index in [1.165, 1.54) is 5.57 Å². The smallest absolute Gasteiger partial charge is 0.0634 e. The Morgan fingerprint density at radius 1 is 0.706 bits per heavy atom. The zero-order valence-corrected chi connectivity index (χ0v) is 22.9. The van der Waals surface area contributed by atoms with E-state index < -0.39 is 35.2 Å². The molecular formula is C30H52O4. The molecule has 4 nitrogen and oxygen atoms in total. The minimum Gasteiger partial charge on any atom is -0.393 e. The Labute approximate surface area is 208 Å². The molecule has 2 fully saturated rings. The number of aliphatic hydroxyl groups excluding tert-OH is 4. The zero-order valence-electron chi connectivity index (χ0n) is 22.9. The maximum Gasteiger partial charge on any atom is 0.0634 e. The Balaban J connectivity index is 2.07. The van der Waals surface area contributed by atoms with Crippen molar-refractivity contribution in [2.75, 3.05) is 0 Å². The Kier molecular flexibility index (Phi) is 7.92. The largest absolute Gasteiger partial charge is 0.393 e. The molecule has 0 amide bonds. The third-order valence-electron chi connectivity index (χ3n) is 10.00. The van der Waals surface area contributed by atoms with E-state index in [0.717, 1.165) is 31.3 Å². The highest BCUT2D eigenvalue weighted by atomic mass is 16.3. The van der Waals surface area contributed by atoms with Crippen LogP contribution >= 0.6 is 0 Å². The van der Waals surface area contributed by atoms with Crippen LogP contribution in [0.5, 0.6) is 0 Å². The minimum absolute atomic E-state index is 0.0238. The van der Waals surface area contributed by atoms with Crippen LogP contribution in [0.1, 0.15) is 106 Å². The molecule has 8 atom stereocenters. The summed E-state index contributed by atoms with van der Waals surface area (Å²) in [6.45, 7) is 19.8. The third-order valence-corrected chi connectivity index (χ3v) is 10.00. The second-order valence-electron chi connectivity index (χ2n) is 14.4. The summed E-state index contributed by atoms with van der Waals surface area (Å²) in [5.41, 5.74) is 1.33. The lowest BCUT2D eigenvalue weighted by Crippen LogP contribution is -2.44. The first-order valence-electron chi connectivity index (χ1n) is 13.6. The number of hydrogen-bond acceptors (Lipinski definition) is 4. The van der Waals surface area contributed by atoms with Crippen molar-refractivity contribution in [3.63, 3.8) is 0 Å². The molecule has 196 valence electrons. The second-order valence-corrected chi connectivity index (χ2v) is 14.4. The Bertz CT molecular complexity index is 783. The minimum atomic E-state index is -0.576. The molecule has 0 aromatic heterocycles. The first-order chi connectivity index (χ1) is 15.5. The summed E-state index contributed by atoms with van der Waals surface area (Å²) in [5.74, 6) is 0.217. The number of fused-ring (bicyclic) bond motifs is 2. The predicted molar refractivity (Wildman–Crippen MR) is 139 cm³/mol. The van der Waals surface area contributed by atoms with Crippen molar-refractivity contribution in [2.24, 2.45) is 33.5 Å². The Hall–Kier alpha value is -0.680. The van der Waals surface area contributed by atoms with Crippen LogP contribution in [0.4, 0.5) is 0 Å². The molecule has 0 aromatic rings. The lowest BCUT2D eigenvalue weighted by atomic mass is 9.61. The fraction of sp³-hybridized carbons (Fsp3) is 0.867. The fourth-order valence-electron chi connectivity index (χ4n) is 8.02. The highest BCUT2D eigenvalue weighted by Crippen LogP contribution is 2.55. The van der Waals surface area contributed by atoms with Gasteiger partial charge in [0.15, 0.2) is 0 Å². The van der Waals surface area contributed by atoms with Gasteiger partial charge < -0.3 is 20.4 Å². The molecular weight excluding hydrogens is 424 g/mol. The SMILES string of the molecule is C=C1CCC(O)C2(C)CC(O)CC(C)(C)CC2C(C)=CCC(O)C2(C)CC(O)CC(C)(C)CC12. The summed E-state index contributed by atoms with van der Waals surface area (Å²) in [4.78, 5) is 0. The van der Waals surface area contributed by atoms with E-state index in [9.17, 15) is 20.4 Å². The van der Waals surface area contributed by atoms with Crippen molar-refractivity contribution in [3.8, 4) is 0 Å². The summed E-state index contributed by atoms with van der Waals surface area (Å²) in [6.07, 6.45) is 6.44. The summed E-state index contributed by atoms with van der Waals surface area (Å²) >= 11 is 0.